The van der Waals surface area contributed by atoms with E-state index in [-0.39, 0.29) is 18.1 Å². The molecule has 5 nitrogen and oxygen atoms in total. The molecule has 0 saturated carbocycles. The summed E-state index contributed by atoms with van der Waals surface area (Å²) in [5, 5.41) is 3.05. The lowest BCUT2D eigenvalue weighted by Crippen LogP contribution is -2.37. The fourth-order valence-corrected chi connectivity index (χ4v) is 3.86. The number of likely N-dealkylation sites (tertiary alicyclic amines) is 1. The number of benzene rings is 1. The molecule has 1 unspecified atom stereocenters. The van der Waals surface area contributed by atoms with Gasteiger partial charge in [0.25, 0.3) is 0 Å². The molecule has 5 heteroatoms. The summed E-state index contributed by atoms with van der Waals surface area (Å²) in [6.07, 6.45) is 5.22. The lowest BCUT2D eigenvalue weighted by atomic mass is 10.0. The van der Waals surface area contributed by atoms with Crippen molar-refractivity contribution in [3.8, 4) is 0 Å². The van der Waals surface area contributed by atoms with Crippen molar-refractivity contribution in [1.29, 1.82) is 0 Å². The number of hydrogen-bond acceptors (Lipinski definition) is 4. The fraction of sp³-hybridized carbons (Fsp3) is 0.650. The number of carbonyl (C=O) groups excluding carboxylic acids is 1. The Morgan fingerprint density at radius 2 is 2.04 bits per heavy atom. The van der Waals surface area contributed by atoms with E-state index < -0.39 is 0 Å². The summed E-state index contributed by atoms with van der Waals surface area (Å²) in [5.41, 5.74) is 8.13. The standard InChI is InChI=1S/C20H31N3O2/c1-15-6-4-5-11-23(15)14-17-8-3-2-7-16(17)13-22-20(24)19-10-9-18(12-21)25-19/h2-3,7-8,15,18-19H,4-6,9-14,21H2,1H3,(H,22,24)/t15?,18-,19+/m1/s1. The van der Waals surface area contributed by atoms with Crippen molar-refractivity contribution in [2.24, 2.45) is 5.73 Å². The Balaban J connectivity index is 1.56. The predicted molar refractivity (Wildman–Crippen MR) is 99.0 cm³/mol. The molecule has 0 aromatic heterocycles. The van der Waals surface area contributed by atoms with Crippen LogP contribution in [-0.2, 0) is 22.6 Å². The zero-order valence-electron chi connectivity index (χ0n) is 15.2. The van der Waals surface area contributed by atoms with Gasteiger partial charge in [-0.15, -0.1) is 0 Å². The van der Waals surface area contributed by atoms with Crippen LogP contribution in [0.1, 0.15) is 50.2 Å². The molecule has 3 rings (SSSR count). The number of rotatable bonds is 6. The van der Waals surface area contributed by atoms with Crippen LogP contribution in [0.15, 0.2) is 24.3 Å². The smallest absolute Gasteiger partial charge is 0.249 e. The number of nitrogens with one attached hydrogen (secondary N) is 1. The molecule has 1 aromatic carbocycles. The van der Waals surface area contributed by atoms with E-state index in [1.54, 1.807) is 0 Å². The van der Waals surface area contributed by atoms with Crippen molar-refractivity contribution in [2.75, 3.05) is 13.1 Å². The number of amides is 1. The maximum Gasteiger partial charge on any atom is 0.249 e. The monoisotopic (exact) mass is 345 g/mol. The van der Waals surface area contributed by atoms with Gasteiger partial charge in [0.1, 0.15) is 6.10 Å². The van der Waals surface area contributed by atoms with Crippen LogP contribution in [-0.4, -0.2) is 42.1 Å². The molecule has 2 heterocycles. The van der Waals surface area contributed by atoms with E-state index in [0.29, 0.717) is 19.1 Å². The predicted octanol–water partition coefficient (Wildman–Crippen LogP) is 2.18. The van der Waals surface area contributed by atoms with Crippen LogP contribution in [0.4, 0.5) is 0 Å². The largest absolute Gasteiger partial charge is 0.364 e. The van der Waals surface area contributed by atoms with E-state index in [9.17, 15) is 4.79 Å². The van der Waals surface area contributed by atoms with Crippen molar-refractivity contribution in [2.45, 2.75) is 70.4 Å². The van der Waals surface area contributed by atoms with Crippen LogP contribution in [0, 0.1) is 0 Å². The Bertz CT molecular complexity index is 578. The first-order valence-corrected chi connectivity index (χ1v) is 9.61. The second kappa shape index (κ2) is 8.79. The Hall–Kier alpha value is -1.43. The molecule has 25 heavy (non-hydrogen) atoms. The number of nitrogens with two attached hydrogens (primary N) is 1. The van der Waals surface area contributed by atoms with Gasteiger partial charge in [-0.1, -0.05) is 30.7 Å². The number of nitrogens with zero attached hydrogens (tertiary/aromatic N) is 1. The molecule has 3 atom stereocenters. The second-order valence-electron chi connectivity index (χ2n) is 7.36. The van der Waals surface area contributed by atoms with Gasteiger partial charge in [0, 0.05) is 25.7 Å². The topological polar surface area (TPSA) is 67.6 Å². The maximum absolute atomic E-state index is 12.3. The minimum absolute atomic E-state index is 0.0166. The fourth-order valence-electron chi connectivity index (χ4n) is 3.86. The number of ether oxygens (including phenoxy) is 1. The zero-order chi connectivity index (χ0) is 17.6. The summed E-state index contributed by atoms with van der Waals surface area (Å²) in [7, 11) is 0. The van der Waals surface area contributed by atoms with Crippen LogP contribution in [0.3, 0.4) is 0 Å². The van der Waals surface area contributed by atoms with Crippen LogP contribution >= 0.6 is 0 Å². The molecule has 1 aromatic rings. The summed E-state index contributed by atoms with van der Waals surface area (Å²) < 4.78 is 5.68. The average Bonchev–Trinajstić information content (AvgIpc) is 3.12. The van der Waals surface area contributed by atoms with E-state index in [1.807, 2.05) is 6.07 Å². The third-order valence-electron chi connectivity index (χ3n) is 5.55. The van der Waals surface area contributed by atoms with Gasteiger partial charge < -0.3 is 15.8 Å². The van der Waals surface area contributed by atoms with E-state index >= 15 is 0 Å². The minimum Gasteiger partial charge on any atom is -0.364 e. The highest BCUT2D eigenvalue weighted by Crippen LogP contribution is 2.22. The summed E-state index contributed by atoms with van der Waals surface area (Å²) in [6.45, 7) is 5.49. The first-order valence-electron chi connectivity index (χ1n) is 9.61. The van der Waals surface area contributed by atoms with Crippen molar-refractivity contribution in [3.05, 3.63) is 35.4 Å². The van der Waals surface area contributed by atoms with Crippen molar-refractivity contribution in [1.82, 2.24) is 10.2 Å². The minimum atomic E-state index is -0.345. The highest BCUT2D eigenvalue weighted by atomic mass is 16.5. The highest BCUT2D eigenvalue weighted by molar-refractivity contribution is 5.81. The maximum atomic E-state index is 12.3. The molecule has 0 aliphatic carbocycles. The normalized spacial score (nSPS) is 27.4. The zero-order valence-corrected chi connectivity index (χ0v) is 15.2. The highest BCUT2D eigenvalue weighted by Gasteiger charge is 2.29. The molecule has 2 saturated heterocycles. The Labute approximate surface area is 150 Å². The molecule has 0 radical (unpaired) electrons. The Kier molecular flexibility index (Phi) is 6.45. The summed E-state index contributed by atoms with van der Waals surface area (Å²) in [4.78, 5) is 14.9. The average molecular weight is 345 g/mol. The van der Waals surface area contributed by atoms with Crippen molar-refractivity contribution < 1.29 is 9.53 Å². The SMILES string of the molecule is CC1CCCCN1Cc1ccccc1CNC(=O)[C@@H]1CC[C@H](CN)O1. The van der Waals surface area contributed by atoms with Crippen LogP contribution in [0.5, 0.6) is 0 Å². The van der Waals surface area contributed by atoms with Gasteiger partial charge in [-0.05, 0) is 50.3 Å². The van der Waals surface area contributed by atoms with Gasteiger partial charge in [0.2, 0.25) is 5.91 Å². The van der Waals surface area contributed by atoms with Crippen molar-refractivity contribution in [3.63, 3.8) is 0 Å². The third kappa shape index (κ3) is 4.81. The second-order valence-corrected chi connectivity index (χ2v) is 7.36. The van der Waals surface area contributed by atoms with E-state index in [1.165, 1.54) is 30.4 Å². The first kappa shape index (κ1) is 18.4. The molecular formula is C20H31N3O2. The molecule has 138 valence electrons. The van der Waals surface area contributed by atoms with Crippen LogP contribution in [0.2, 0.25) is 0 Å². The molecule has 3 N–H and O–H groups in total. The van der Waals surface area contributed by atoms with Crippen LogP contribution < -0.4 is 11.1 Å². The lowest BCUT2D eigenvalue weighted by Gasteiger charge is -2.33. The van der Waals surface area contributed by atoms with Crippen LogP contribution in [0.25, 0.3) is 0 Å². The van der Waals surface area contributed by atoms with Gasteiger partial charge >= 0.3 is 0 Å². The van der Waals surface area contributed by atoms with Gasteiger partial charge in [-0.3, -0.25) is 9.69 Å². The molecule has 2 aliphatic rings. The molecule has 0 spiro atoms. The molecule has 0 bridgehead atoms. The molecule has 2 aliphatic heterocycles. The molecular weight excluding hydrogens is 314 g/mol. The lowest BCUT2D eigenvalue weighted by molar-refractivity contribution is -0.132. The molecule has 2 fully saturated rings. The van der Waals surface area contributed by atoms with Gasteiger partial charge in [-0.25, -0.2) is 0 Å². The first-order chi connectivity index (χ1) is 12.2. The molecule has 1 amide bonds. The van der Waals surface area contributed by atoms with Gasteiger partial charge in [-0.2, -0.15) is 0 Å². The van der Waals surface area contributed by atoms with Gasteiger partial charge in [0.05, 0.1) is 6.10 Å². The quantitative estimate of drug-likeness (QED) is 0.829. The Morgan fingerprint density at radius 3 is 2.76 bits per heavy atom. The van der Waals surface area contributed by atoms with Gasteiger partial charge in [0.15, 0.2) is 0 Å². The third-order valence-corrected chi connectivity index (χ3v) is 5.55. The number of carbonyl (C=O) groups is 1. The van der Waals surface area contributed by atoms with Crippen molar-refractivity contribution >= 4 is 5.91 Å². The van der Waals surface area contributed by atoms with E-state index in [0.717, 1.165) is 25.9 Å². The number of piperidine rings is 1. The summed E-state index contributed by atoms with van der Waals surface area (Å²) in [6, 6.07) is 9.06. The number of hydrogen-bond donors (Lipinski definition) is 2. The van der Waals surface area contributed by atoms with E-state index in [2.05, 4.69) is 35.3 Å². The summed E-state index contributed by atoms with van der Waals surface area (Å²) >= 11 is 0. The Morgan fingerprint density at radius 1 is 1.24 bits per heavy atom. The van der Waals surface area contributed by atoms with E-state index in [4.69, 9.17) is 10.5 Å². The summed E-state index contributed by atoms with van der Waals surface area (Å²) in [5.74, 6) is -0.0166.